The second-order valence-electron chi connectivity index (χ2n) is 1.88. The Balaban J connectivity index is 2.45. The summed E-state index contributed by atoms with van der Waals surface area (Å²) in [4.78, 5) is 3.91. The summed E-state index contributed by atoms with van der Waals surface area (Å²) in [7, 11) is 0. The van der Waals surface area contributed by atoms with Crippen LogP contribution < -0.4 is 4.72 Å². The van der Waals surface area contributed by atoms with E-state index in [0.29, 0.717) is 5.69 Å². The maximum absolute atomic E-state index is 10.0. The highest BCUT2D eigenvalue weighted by molar-refractivity contribution is 7.77. The van der Waals surface area contributed by atoms with Crippen molar-refractivity contribution < 1.29 is 8.76 Å². The minimum atomic E-state index is -2.21. The second kappa shape index (κ2) is 4.17. The number of aromatic nitrogens is 1. The van der Waals surface area contributed by atoms with Crippen molar-refractivity contribution in [2.75, 3.05) is 0 Å². The van der Waals surface area contributed by atoms with Gasteiger partial charge >= 0.3 is 0 Å². The zero-order chi connectivity index (χ0) is 8.10. The van der Waals surface area contributed by atoms with Crippen molar-refractivity contribution in [3.63, 3.8) is 0 Å². The molecule has 1 heterocycles. The number of hydrogen-bond acceptors (Lipinski definition) is 3. The van der Waals surface area contributed by atoms with E-state index in [1.807, 2.05) is 0 Å². The lowest BCUT2D eigenvalue weighted by molar-refractivity contribution is 0.522. The molecule has 0 saturated heterocycles. The van der Waals surface area contributed by atoms with E-state index in [0.717, 1.165) is 0 Å². The standard InChI is InChI=1S/C6H8N2O2S/c9-11(10)8-5-6-3-1-2-4-7-6/h1-4,8H,5H2,(H,9,10)/p-1. The van der Waals surface area contributed by atoms with Crippen LogP contribution in [-0.2, 0) is 17.8 Å². The summed E-state index contributed by atoms with van der Waals surface area (Å²) in [5.74, 6) is 0. The van der Waals surface area contributed by atoms with Crippen LogP contribution in [0.5, 0.6) is 0 Å². The predicted octanol–water partition coefficient (Wildman–Crippen LogP) is -0.0347. The average Bonchev–Trinajstić information content (AvgIpc) is 2.03. The van der Waals surface area contributed by atoms with Gasteiger partial charge in [0.2, 0.25) is 0 Å². The Hall–Kier alpha value is -0.780. The van der Waals surface area contributed by atoms with Crippen molar-refractivity contribution >= 4 is 11.3 Å². The topological polar surface area (TPSA) is 65.0 Å². The molecule has 0 aromatic carbocycles. The second-order valence-corrected chi connectivity index (χ2v) is 2.63. The van der Waals surface area contributed by atoms with Crippen molar-refractivity contribution in [3.8, 4) is 0 Å². The third-order valence-electron chi connectivity index (χ3n) is 1.10. The number of nitrogens with zero attached hydrogens (tertiary/aromatic N) is 1. The van der Waals surface area contributed by atoms with Crippen LogP contribution in [0.15, 0.2) is 24.4 Å². The fraction of sp³-hybridized carbons (Fsp3) is 0.167. The van der Waals surface area contributed by atoms with Gasteiger partial charge in [-0.2, -0.15) is 0 Å². The highest BCUT2D eigenvalue weighted by Gasteiger charge is 1.89. The van der Waals surface area contributed by atoms with E-state index in [1.54, 1.807) is 24.4 Å². The van der Waals surface area contributed by atoms with E-state index < -0.39 is 11.3 Å². The Morgan fingerprint density at radius 3 is 3.00 bits per heavy atom. The summed E-state index contributed by atoms with van der Waals surface area (Å²) in [6, 6.07) is 5.33. The molecule has 0 aliphatic heterocycles. The minimum absolute atomic E-state index is 0.247. The molecule has 1 aromatic rings. The number of pyridine rings is 1. The molecule has 0 fully saturated rings. The largest absolute Gasteiger partial charge is 0.760 e. The molecule has 11 heavy (non-hydrogen) atoms. The predicted molar refractivity (Wildman–Crippen MR) is 40.0 cm³/mol. The van der Waals surface area contributed by atoms with Gasteiger partial charge in [-0.15, -0.1) is 0 Å². The molecule has 0 spiro atoms. The third-order valence-corrected chi connectivity index (χ3v) is 1.48. The molecule has 0 bridgehead atoms. The van der Waals surface area contributed by atoms with Gasteiger partial charge in [0.05, 0.1) is 5.69 Å². The molecular weight excluding hydrogens is 164 g/mol. The Morgan fingerprint density at radius 2 is 2.45 bits per heavy atom. The lowest BCUT2D eigenvalue weighted by Gasteiger charge is -2.05. The summed E-state index contributed by atoms with van der Waals surface area (Å²) in [6.07, 6.45) is 1.62. The van der Waals surface area contributed by atoms with Crippen molar-refractivity contribution in [1.82, 2.24) is 9.71 Å². The fourth-order valence-corrected chi connectivity index (χ4v) is 0.901. The van der Waals surface area contributed by atoms with E-state index in [4.69, 9.17) is 0 Å². The molecule has 0 amide bonds. The monoisotopic (exact) mass is 171 g/mol. The van der Waals surface area contributed by atoms with E-state index >= 15 is 0 Å². The summed E-state index contributed by atoms with van der Waals surface area (Å²) in [5.41, 5.74) is 0.705. The van der Waals surface area contributed by atoms with Gasteiger partial charge in [-0.1, -0.05) is 6.07 Å². The quantitative estimate of drug-likeness (QED) is 0.649. The smallest absolute Gasteiger partial charge is 0.0551 e. The first-order chi connectivity index (χ1) is 5.29. The lowest BCUT2D eigenvalue weighted by atomic mass is 10.4. The Kier molecular flexibility index (Phi) is 3.15. The maximum atomic E-state index is 10.0. The highest BCUT2D eigenvalue weighted by Crippen LogP contribution is 1.91. The third kappa shape index (κ3) is 3.22. The average molecular weight is 171 g/mol. The van der Waals surface area contributed by atoms with Crippen molar-refractivity contribution in [1.29, 1.82) is 0 Å². The molecule has 1 aromatic heterocycles. The van der Waals surface area contributed by atoms with Gasteiger partial charge in [0.25, 0.3) is 0 Å². The van der Waals surface area contributed by atoms with E-state index in [9.17, 15) is 8.76 Å². The number of rotatable bonds is 3. The van der Waals surface area contributed by atoms with Gasteiger partial charge < -0.3 is 4.55 Å². The Labute approximate surface area is 67.1 Å². The normalized spacial score (nSPS) is 12.8. The van der Waals surface area contributed by atoms with Crippen LogP contribution in [0.2, 0.25) is 0 Å². The van der Waals surface area contributed by atoms with Crippen LogP contribution in [0.25, 0.3) is 0 Å². The summed E-state index contributed by atoms with van der Waals surface area (Å²) >= 11 is -2.21. The van der Waals surface area contributed by atoms with Crippen LogP contribution in [-0.4, -0.2) is 13.7 Å². The first-order valence-electron chi connectivity index (χ1n) is 3.02. The maximum Gasteiger partial charge on any atom is 0.0551 e. The minimum Gasteiger partial charge on any atom is -0.760 e. The molecule has 0 aliphatic rings. The van der Waals surface area contributed by atoms with Gasteiger partial charge in [0.15, 0.2) is 0 Å². The molecular formula is C6H7N2O2S-. The van der Waals surface area contributed by atoms with Gasteiger partial charge in [-0.25, -0.2) is 4.72 Å². The first kappa shape index (κ1) is 8.32. The molecule has 4 nitrogen and oxygen atoms in total. The molecule has 1 rings (SSSR count). The van der Waals surface area contributed by atoms with Crippen LogP contribution in [0.3, 0.4) is 0 Å². The molecule has 5 heteroatoms. The first-order valence-corrected chi connectivity index (χ1v) is 4.09. The zero-order valence-electron chi connectivity index (χ0n) is 5.69. The molecule has 1 N–H and O–H groups in total. The van der Waals surface area contributed by atoms with E-state index in [-0.39, 0.29) is 6.54 Å². The van der Waals surface area contributed by atoms with Gasteiger partial charge in [-0.05, 0) is 12.1 Å². The van der Waals surface area contributed by atoms with E-state index in [1.165, 1.54) is 0 Å². The lowest BCUT2D eigenvalue weighted by Crippen LogP contribution is -2.16. The van der Waals surface area contributed by atoms with E-state index in [2.05, 4.69) is 9.71 Å². The van der Waals surface area contributed by atoms with Gasteiger partial charge in [-0.3, -0.25) is 9.19 Å². The van der Waals surface area contributed by atoms with Crippen LogP contribution in [0.4, 0.5) is 0 Å². The molecule has 0 radical (unpaired) electrons. The van der Waals surface area contributed by atoms with Crippen LogP contribution in [0.1, 0.15) is 5.69 Å². The van der Waals surface area contributed by atoms with Crippen LogP contribution >= 0.6 is 0 Å². The number of nitrogens with one attached hydrogen (secondary N) is 1. The summed E-state index contributed by atoms with van der Waals surface area (Å²) < 4.78 is 22.3. The van der Waals surface area contributed by atoms with Crippen molar-refractivity contribution in [2.24, 2.45) is 0 Å². The highest BCUT2D eigenvalue weighted by atomic mass is 32.2. The summed E-state index contributed by atoms with van der Waals surface area (Å²) in [5, 5.41) is 0. The molecule has 0 aliphatic carbocycles. The van der Waals surface area contributed by atoms with Gasteiger partial charge in [0.1, 0.15) is 0 Å². The van der Waals surface area contributed by atoms with Crippen molar-refractivity contribution in [2.45, 2.75) is 6.54 Å². The zero-order valence-corrected chi connectivity index (χ0v) is 6.50. The molecule has 1 atom stereocenters. The Morgan fingerprint density at radius 1 is 1.64 bits per heavy atom. The molecule has 1 unspecified atom stereocenters. The SMILES string of the molecule is O=S([O-])NCc1ccccn1. The fourth-order valence-electron chi connectivity index (χ4n) is 0.636. The Bertz CT molecular complexity index is 240. The molecule has 0 saturated carbocycles. The van der Waals surface area contributed by atoms with Crippen LogP contribution in [0, 0.1) is 0 Å². The van der Waals surface area contributed by atoms with Crippen molar-refractivity contribution in [3.05, 3.63) is 30.1 Å². The van der Waals surface area contributed by atoms with Gasteiger partial charge in [0, 0.05) is 24.0 Å². The summed E-state index contributed by atoms with van der Waals surface area (Å²) in [6.45, 7) is 0.247. The molecule has 60 valence electrons. The number of hydrogen-bond donors (Lipinski definition) is 1.